The van der Waals surface area contributed by atoms with Crippen LogP contribution in [0.2, 0.25) is 0 Å². The number of ether oxygens (including phenoxy) is 4. The highest BCUT2D eigenvalue weighted by Crippen LogP contribution is 2.35. The minimum Gasteiger partial charge on any atom is -0.490 e. The van der Waals surface area contributed by atoms with Crippen LogP contribution in [-0.4, -0.2) is 49.9 Å². The standard InChI is InChI=1S/C35H36N4O7/c1-4-44-30-18-27(33-32(34(41)43-3)22(2)37-35(42)38-33)13-16-29(30)46-21-31(40)39-36-19-23-10-14-28(15-11-23)45-20-24-9-12-25-7-5-6-8-26(25)17-24/h5-19,31,33,39-40H,4,20-21H2,1-3H3,(H2,37,38,42)/b36-19-/t31-,33+/m1/s1. The van der Waals surface area contributed by atoms with Gasteiger partial charge in [0.1, 0.15) is 19.0 Å². The molecule has 0 fully saturated rings. The first-order chi connectivity index (χ1) is 22.3. The molecule has 4 aromatic rings. The van der Waals surface area contributed by atoms with Gasteiger partial charge in [0.2, 0.25) is 0 Å². The molecule has 0 saturated heterocycles. The van der Waals surface area contributed by atoms with Crippen molar-refractivity contribution in [1.82, 2.24) is 16.1 Å². The molecule has 0 unspecified atom stereocenters. The summed E-state index contributed by atoms with van der Waals surface area (Å²) >= 11 is 0. The van der Waals surface area contributed by atoms with E-state index < -0.39 is 24.3 Å². The van der Waals surface area contributed by atoms with Gasteiger partial charge in [-0.25, -0.2) is 9.59 Å². The zero-order chi connectivity index (χ0) is 32.5. The molecule has 4 N–H and O–H groups in total. The van der Waals surface area contributed by atoms with Gasteiger partial charge in [-0.3, -0.25) is 5.43 Å². The maximum Gasteiger partial charge on any atom is 0.337 e. The van der Waals surface area contributed by atoms with Crippen LogP contribution in [0.4, 0.5) is 4.79 Å². The van der Waals surface area contributed by atoms with Crippen LogP contribution >= 0.6 is 0 Å². The number of amides is 2. The summed E-state index contributed by atoms with van der Waals surface area (Å²) in [4.78, 5) is 24.6. The molecule has 0 aromatic heterocycles. The number of nitrogens with one attached hydrogen (secondary N) is 3. The molecule has 5 rings (SSSR count). The average molecular weight is 625 g/mol. The predicted molar refractivity (Wildman–Crippen MR) is 174 cm³/mol. The second-order valence-corrected chi connectivity index (χ2v) is 10.5. The molecular weight excluding hydrogens is 588 g/mol. The molecule has 238 valence electrons. The van der Waals surface area contributed by atoms with Crippen LogP contribution in [0, 0.1) is 0 Å². The van der Waals surface area contributed by atoms with E-state index in [-0.39, 0.29) is 12.2 Å². The Labute approximate surface area is 266 Å². The van der Waals surface area contributed by atoms with Crippen molar-refractivity contribution in [3.8, 4) is 17.2 Å². The highest BCUT2D eigenvalue weighted by atomic mass is 16.5. The predicted octanol–water partition coefficient (Wildman–Crippen LogP) is 4.94. The smallest absolute Gasteiger partial charge is 0.337 e. The van der Waals surface area contributed by atoms with Crippen molar-refractivity contribution < 1.29 is 33.6 Å². The summed E-state index contributed by atoms with van der Waals surface area (Å²) in [5, 5.41) is 22.2. The van der Waals surface area contributed by atoms with E-state index in [2.05, 4.69) is 51.5 Å². The molecular formula is C35H36N4O7. The molecule has 1 aliphatic rings. The van der Waals surface area contributed by atoms with Crippen LogP contribution in [-0.2, 0) is 16.1 Å². The fourth-order valence-corrected chi connectivity index (χ4v) is 4.97. The minimum atomic E-state index is -1.12. The Kier molecular flexibility index (Phi) is 10.4. The summed E-state index contributed by atoms with van der Waals surface area (Å²) in [6.07, 6.45) is 0.466. The summed E-state index contributed by atoms with van der Waals surface area (Å²) in [6, 6.07) is 25.8. The number of aliphatic hydroxyl groups is 1. The average Bonchev–Trinajstić information content (AvgIpc) is 3.06. The molecule has 1 heterocycles. The quantitative estimate of drug-likeness (QED) is 0.0710. The lowest BCUT2D eigenvalue weighted by Gasteiger charge is -2.28. The lowest BCUT2D eigenvalue weighted by Crippen LogP contribution is -2.45. The number of urea groups is 1. The first kappa shape index (κ1) is 31.9. The molecule has 46 heavy (non-hydrogen) atoms. The number of esters is 1. The Hall–Kier alpha value is -5.55. The third kappa shape index (κ3) is 7.93. The molecule has 0 radical (unpaired) electrons. The lowest BCUT2D eigenvalue weighted by molar-refractivity contribution is -0.136. The Morgan fingerprint density at radius 3 is 2.52 bits per heavy atom. The van der Waals surface area contributed by atoms with Crippen LogP contribution in [0.25, 0.3) is 10.8 Å². The Morgan fingerprint density at radius 2 is 1.76 bits per heavy atom. The first-order valence-corrected chi connectivity index (χ1v) is 14.8. The van der Waals surface area contributed by atoms with Crippen LogP contribution in [0.15, 0.2) is 101 Å². The maximum absolute atomic E-state index is 12.4. The van der Waals surface area contributed by atoms with Gasteiger partial charge in [0.15, 0.2) is 17.7 Å². The van der Waals surface area contributed by atoms with Gasteiger partial charge in [-0.15, -0.1) is 0 Å². The number of rotatable bonds is 13. The molecule has 0 spiro atoms. The third-order valence-electron chi connectivity index (χ3n) is 7.21. The number of nitrogens with zero attached hydrogens (tertiary/aromatic N) is 1. The van der Waals surface area contributed by atoms with Crippen molar-refractivity contribution in [3.05, 3.63) is 113 Å². The van der Waals surface area contributed by atoms with E-state index in [1.165, 1.54) is 17.9 Å². The van der Waals surface area contributed by atoms with Crippen molar-refractivity contribution in [3.63, 3.8) is 0 Å². The Balaban J connectivity index is 1.14. The monoisotopic (exact) mass is 624 g/mol. The second kappa shape index (κ2) is 15.0. The number of benzene rings is 4. The largest absolute Gasteiger partial charge is 0.490 e. The van der Waals surface area contributed by atoms with E-state index in [1.807, 2.05) is 43.3 Å². The summed E-state index contributed by atoms with van der Waals surface area (Å²) < 4.78 is 22.4. The van der Waals surface area contributed by atoms with E-state index in [9.17, 15) is 14.7 Å². The number of carbonyl (C=O) groups excluding carboxylic acids is 2. The fraction of sp³-hybridized carbons (Fsp3) is 0.229. The zero-order valence-corrected chi connectivity index (χ0v) is 25.8. The minimum absolute atomic E-state index is 0.130. The van der Waals surface area contributed by atoms with Crippen molar-refractivity contribution in [1.29, 1.82) is 0 Å². The maximum atomic E-state index is 12.4. The second-order valence-electron chi connectivity index (χ2n) is 10.5. The molecule has 4 aromatic carbocycles. The van der Waals surface area contributed by atoms with Crippen LogP contribution in [0.1, 0.15) is 36.6 Å². The number of methoxy groups -OCH3 is 1. The van der Waals surface area contributed by atoms with Crippen molar-refractivity contribution in [2.24, 2.45) is 5.10 Å². The SMILES string of the molecule is CCOc1cc([C@@H]2NC(=O)NC(C)=C2C(=O)OC)ccc1OC[C@@H](O)N/N=C\c1ccc(OCc2ccc3ccccc3c2)cc1. The van der Waals surface area contributed by atoms with E-state index in [0.717, 1.165) is 16.9 Å². The molecule has 0 bridgehead atoms. The topological polar surface area (TPSA) is 140 Å². The number of carbonyl (C=O) groups is 2. The van der Waals surface area contributed by atoms with E-state index in [0.29, 0.717) is 36.0 Å². The summed E-state index contributed by atoms with van der Waals surface area (Å²) in [5.74, 6) is 0.922. The molecule has 2 atom stereocenters. The van der Waals surface area contributed by atoms with Crippen molar-refractivity contribution in [2.75, 3.05) is 20.3 Å². The molecule has 11 nitrogen and oxygen atoms in total. The van der Waals surface area contributed by atoms with Gasteiger partial charge in [0.05, 0.1) is 31.5 Å². The molecule has 1 aliphatic heterocycles. The van der Waals surface area contributed by atoms with Crippen LogP contribution in [0.5, 0.6) is 17.2 Å². The van der Waals surface area contributed by atoms with E-state index in [4.69, 9.17) is 18.9 Å². The third-order valence-corrected chi connectivity index (χ3v) is 7.21. The Morgan fingerprint density at radius 1 is 0.978 bits per heavy atom. The lowest BCUT2D eigenvalue weighted by atomic mass is 9.95. The number of hydrogen-bond donors (Lipinski definition) is 4. The first-order valence-electron chi connectivity index (χ1n) is 14.8. The number of hydrogen-bond acceptors (Lipinski definition) is 9. The van der Waals surface area contributed by atoms with Gasteiger partial charge in [0, 0.05) is 5.70 Å². The highest BCUT2D eigenvalue weighted by molar-refractivity contribution is 5.95. The van der Waals surface area contributed by atoms with Crippen molar-refractivity contribution >= 4 is 29.0 Å². The van der Waals surface area contributed by atoms with Crippen molar-refractivity contribution in [2.45, 2.75) is 32.7 Å². The molecule has 11 heteroatoms. The number of allylic oxidation sites excluding steroid dienone is 1. The van der Waals surface area contributed by atoms with E-state index in [1.54, 1.807) is 31.3 Å². The number of hydrazone groups is 1. The van der Waals surface area contributed by atoms with Crippen LogP contribution in [0.3, 0.4) is 0 Å². The molecule has 0 aliphatic carbocycles. The number of aliphatic hydroxyl groups excluding tert-OH is 1. The van der Waals surface area contributed by atoms with Gasteiger partial charge in [-0.2, -0.15) is 5.10 Å². The fourth-order valence-electron chi connectivity index (χ4n) is 4.97. The summed E-state index contributed by atoms with van der Waals surface area (Å²) in [7, 11) is 1.28. The summed E-state index contributed by atoms with van der Waals surface area (Å²) in [6.45, 7) is 4.12. The molecule has 2 amide bonds. The highest BCUT2D eigenvalue weighted by Gasteiger charge is 2.32. The van der Waals surface area contributed by atoms with E-state index >= 15 is 0 Å². The van der Waals surface area contributed by atoms with Gasteiger partial charge in [-0.05, 0) is 83.8 Å². The Bertz CT molecular complexity index is 1750. The molecule has 0 saturated carbocycles. The van der Waals surface area contributed by atoms with Gasteiger partial charge < -0.3 is 34.7 Å². The number of fused-ring (bicyclic) bond motifs is 1. The van der Waals surface area contributed by atoms with Gasteiger partial charge in [0.25, 0.3) is 0 Å². The summed E-state index contributed by atoms with van der Waals surface area (Å²) in [5.41, 5.74) is 5.81. The zero-order valence-electron chi connectivity index (χ0n) is 25.8. The van der Waals surface area contributed by atoms with Gasteiger partial charge in [-0.1, -0.05) is 42.5 Å². The van der Waals surface area contributed by atoms with Crippen LogP contribution < -0.4 is 30.3 Å². The van der Waals surface area contributed by atoms with Gasteiger partial charge >= 0.3 is 12.0 Å². The normalized spacial score (nSPS) is 15.2.